The third-order valence-corrected chi connectivity index (χ3v) is 5.92. The number of likely N-dealkylation sites (tertiary alicyclic amines) is 1. The first-order chi connectivity index (χ1) is 11.6. The summed E-state index contributed by atoms with van der Waals surface area (Å²) in [6.45, 7) is 8.22. The Morgan fingerprint density at radius 3 is 2.54 bits per heavy atom. The molecule has 0 spiro atoms. The molecule has 0 bridgehead atoms. The van der Waals surface area contributed by atoms with Crippen LogP contribution in [0.1, 0.15) is 81.4 Å². The van der Waals surface area contributed by atoms with E-state index in [0.717, 1.165) is 31.6 Å². The van der Waals surface area contributed by atoms with Gasteiger partial charge in [-0.3, -0.25) is 4.79 Å². The molecule has 1 aromatic heterocycles. The fourth-order valence-corrected chi connectivity index (χ4v) is 4.38. The number of carbonyl (C=O) groups is 1. The molecule has 5 nitrogen and oxygen atoms in total. The van der Waals surface area contributed by atoms with Gasteiger partial charge in [-0.25, -0.2) is 4.68 Å². The average Bonchev–Trinajstić information content (AvgIpc) is 3.10. The Labute approximate surface area is 145 Å². The first kappa shape index (κ1) is 17.4. The molecule has 0 unspecified atom stereocenters. The second kappa shape index (κ2) is 7.66. The summed E-state index contributed by atoms with van der Waals surface area (Å²) in [6, 6.07) is 0.333. The Kier molecular flexibility index (Phi) is 5.57. The third-order valence-electron chi connectivity index (χ3n) is 5.92. The summed E-state index contributed by atoms with van der Waals surface area (Å²) in [5.74, 6) is 1.28. The molecule has 24 heavy (non-hydrogen) atoms. The molecule has 1 aromatic rings. The van der Waals surface area contributed by atoms with Crippen LogP contribution < -0.4 is 0 Å². The van der Waals surface area contributed by atoms with Crippen molar-refractivity contribution in [2.24, 2.45) is 11.8 Å². The van der Waals surface area contributed by atoms with Crippen molar-refractivity contribution in [1.29, 1.82) is 0 Å². The lowest BCUT2D eigenvalue weighted by molar-refractivity contribution is 0.0625. The maximum Gasteiger partial charge on any atom is 0.276 e. The Hall–Kier alpha value is -1.39. The number of nitrogens with zero attached hydrogens (tertiary/aromatic N) is 4. The molecule has 134 valence electrons. The number of carbonyl (C=O) groups excluding carboxylic acids is 1. The summed E-state index contributed by atoms with van der Waals surface area (Å²) >= 11 is 0. The standard InChI is InChI=1S/C19H32N4O/c1-14(2)17-11-5-4-8-12-22(17)19(24)18-15(3)23(21-20-18)13-16-9-6-7-10-16/h14,16-17H,4-13H2,1-3H3/t17-/m0/s1. The third kappa shape index (κ3) is 3.65. The molecule has 1 amide bonds. The molecule has 5 heteroatoms. The second-order valence-corrected chi connectivity index (χ2v) is 8.02. The summed E-state index contributed by atoms with van der Waals surface area (Å²) in [4.78, 5) is 15.2. The van der Waals surface area contributed by atoms with E-state index in [0.29, 0.717) is 23.6 Å². The topological polar surface area (TPSA) is 51.0 Å². The zero-order chi connectivity index (χ0) is 17.1. The van der Waals surface area contributed by atoms with Crippen LogP contribution in [0.3, 0.4) is 0 Å². The Morgan fingerprint density at radius 2 is 1.83 bits per heavy atom. The van der Waals surface area contributed by atoms with Crippen LogP contribution in [0.4, 0.5) is 0 Å². The van der Waals surface area contributed by atoms with E-state index in [4.69, 9.17) is 0 Å². The molecule has 1 aliphatic carbocycles. The predicted molar refractivity (Wildman–Crippen MR) is 94.8 cm³/mol. The van der Waals surface area contributed by atoms with Gasteiger partial charge in [0, 0.05) is 19.1 Å². The minimum atomic E-state index is 0.0887. The molecule has 1 saturated carbocycles. The van der Waals surface area contributed by atoms with E-state index in [1.54, 1.807) is 0 Å². The van der Waals surface area contributed by atoms with Crippen LogP contribution in [0.5, 0.6) is 0 Å². The van der Waals surface area contributed by atoms with Crippen molar-refractivity contribution in [3.63, 3.8) is 0 Å². The second-order valence-electron chi connectivity index (χ2n) is 8.02. The molecule has 2 heterocycles. The van der Waals surface area contributed by atoms with Crippen molar-refractivity contribution in [3.8, 4) is 0 Å². The highest BCUT2D eigenvalue weighted by atomic mass is 16.2. The number of amides is 1. The van der Waals surface area contributed by atoms with Crippen LogP contribution in [-0.4, -0.2) is 38.4 Å². The summed E-state index contributed by atoms with van der Waals surface area (Å²) < 4.78 is 1.96. The molecule has 3 rings (SSSR count). The first-order valence-electron chi connectivity index (χ1n) is 9.79. The largest absolute Gasteiger partial charge is 0.334 e. The van der Waals surface area contributed by atoms with E-state index in [1.165, 1.54) is 38.5 Å². The fourth-order valence-electron chi connectivity index (χ4n) is 4.38. The van der Waals surface area contributed by atoms with E-state index < -0.39 is 0 Å². The highest BCUT2D eigenvalue weighted by molar-refractivity contribution is 5.93. The van der Waals surface area contributed by atoms with Crippen LogP contribution in [0.2, 0.25) is 0 Å². The van der Waals surface area contributed by atoms with Gasteiger partial charge in [0.2, 0.25) is 0 Å². The Bertz CT molecular complexity index is 560. The van der Waals surface area contributed by atoms with Crippen molar-refractivity contribution in [3.05, 3.63) is 11.4 Å². The highest BCUT2D eigenvalue weighted by Crippen LogP contribution is 2.27. The van der Waals surface area contributed by atoms with E-state index in [9.17, 15) is 4.79 Å². The number of hydrogen-bond donors (Lipinski definition) is 0. The van der Waals surface area contributed by atoms with Crippen molar-refractivity contribution in [1.82, 2.24) is 19.9 Å². The monoisotopic (exact) mass is 332 g/mol. The van der Waals surface area contributed by atoms with E-state index >= 15 is 0 Å². The molecule has 2 aliphatic rings. The molecule has 1 aliphatic heterocycles. The number of aromatic nitrogens is 3. The zero-order valence-electron chi connectivity index (χ0n) is 15.5. The van der Waals surface area contributed by atoms with Gasteiger partial charge in [0.25, 0.3) is 5.91 Å². The predicted octanol–water partition coefficient (Wildman–Crippen LogP) is 3.82. The summed E-state index contributed by atoms with van der Waals surface area (Å²) in [5.41, 5.74) is 1.51. The molecule has 0 aromatic carbocycles. The lowest BCUT2D eigenvalue weighted by Crippen LogP contribution is -2.43. The normalized spacial score (nSPS) is 23.0. The maximum absolute atomic E-state index is 13.1. The van der Waals surface area contributed by atoms with Crippen molar-refractivity contribution < 1.29 is 4.79 Å². The van der Waals surface area contributed by atoms with Gasteiger partial charge in [0.15, 0.2) is 5.69 Å². The van der Waals surface area contributed by atoms with Crippen LogP contribution >= 0.6 is 0 Å². The number of rotatable bonds is 4. The minimum absolute atomic E-state index is 0.0887. The molecule has 2 fully saturated rings. The molecular weight excluding hydrogens is 300 g/mol. The summed E-state index contributed by atoms with van der Waals surface area (Å²) in [5, 5.41) is 8.59. The fraction of sp³-hybridized carbons (Fsp3) is 0.842. The molecule has 1 saturated heterocycles. The lowest BCUT2D eigenvalue weighted by Gasteiger charge is -2.32. The average molecular weight is 332 g/mol. The van der Waals surface area contributed by atoms with Gasteiger partial charge in [-0.05, 0) is 44.4 Å². The Balaban J connectivity index is 1.76. The first-order valence-corrected chi connectivity index (χ1v) is 9.79. The summed E-state index contributed by atoms with van der Waals surface area (Å²) in [6.07, 6.45) is 9.87. The molecular formula is C19H32N4O. The molecule has 0 radical (unpaired) electrons. The van der Waals surface area contributed by atoms with E-state index in [-0.39, 0.29) is 5.91 Å². The van der Waals surface area contributed by atoms with Crippen molar-refractivity contribution in [2.75, 3.05) is 6.54 Å². The summed E-state index contributed by atoms with van der Waals surface area (Å²) in [7, 11) is 0. The molecule has 0 N–H and O–H groups in total. The van der Waals surface area contributed by atoms with Gasteiger partial charge in [-0.15, -0.1) is 5.10 Å². The maximum atomic E-state index is 13.1. The van der Waals surface area contributed by atoms with E-state index in [1.807, 2.05) is 11.6 Å². The van der Waals surface area contributed by atoms with Crippen molar-refractivity contribution >= 4 is 5.91 Å². The minimum Gasteiger partial charge on any atom is -0.334 e. The molecule has 1 atom stereocenters. The number of hydrogen-bond acceptors (Lipinski definition) is 3. The highest BCUT2D eigenvalue weighted by Gasteiger charge is 2.31. The van der Waals surface area contributed by atoms with Gasteiger partial charge in [-0.2, -0.15) is 0 Å². The van der Waals surface area contributed by atoms with Gasteiger partial charge in [0.05, 0.1) is 5.69 Å². The van der Waals surface area contributed by atoms with Crippen LogP contribution in [0.25, 0.3) is 0 Å². The van der Waals surface area contributed by atoms with Crippen molar-refractivity contribution in [2.45, 2.75) is 84.7 Å². The SMILES string of the molecule is Cc1c(C(=O)N2CCCCC[C@H]2C(C)C)nnn1CC1CCCC1. The quantitative estimate of drug-likeness (QED) is 0.842. The van der Waals surface area contributed by atoms with Crippen LogP contribution in [0, 0.1) is 18.8 Å². The van der Waals surface area contributed by atoms with Gasteiger partial charge >= 0.3 is 0 Å². The van der Waals surface area contributed by atoms with Crippen LogP contribution in [-0.2, 0) is 6.54 Å². The van der Waals surface area contributed by atoms with Gasteiger partial charge in [0.1, 0.15) is 0 Å². The van der Waals surface area contributed by atoms with Gasteiger partial charge < -0.3 is 4.90 Å². The zero-order valence-corrected chi connectivity index (χ0v) is 15.5. The Morgan fingerprint density at radius 1 is 1.12 bits per heavy atom. The van der Waals surface area contributed by atoms with Crippen LogP contribution in [0.15, 0.2) is 0 Å². The van der Waals surface area contributed by atoms with Gasteiger partial charge in [-0.1, -0.05) is 44.7 Å². The lowest BCUT2D eigenvalue weighted by atomic mass is 9.98. The van der Waals surface area contributed by atoms with E-state index in [2.05, 4.69) is 29.1 Å². The smallest absolute Gasteiger partial charge is 0.276 e.